The third kappa shape index (κ3) is 2.60. The molecular weight excluding hydrogens is 311 g/mol. The Kier molecular flexibility index (Phi) is 3.68. The Morgan fingerprint density at radius 2 is 1.95 bits per heavy atom. The van der Waals surface area contributed by atoms with Crippen molar-refractivity contribution in [1.29, 1.82) is 0 Å². The number of halogens is 4. The molecule has 0 aliphatic rings. The molecule has 0 bridgehead atoms. The molecule has 0 saturated carbocycles. The highest BCUT2D eigenvalue weighted by molar-refractivity contribution is 7.19. The molecule has 20 heavy (non-hydrogen) atoms. The van der Waals surface area contributed by atoms with E-state index in [1.165, 1.54) is 12.3 Å². The van der Waals surface area contributed by atoms with Crippen LogP contribution in [-0.2, 0) is 5.41 Å². The van der Waals surface area contributed by atoms with Gasteiger partial charge in [0.05, 0.1) is 10.6 Å². The second-order valence-corrected chi connectivity index (χ2v) is 6.11. The molecule has 0 unspecified atom stereocenters. The zero-order valence-corrected chi connectivity index (χ0v) is 12.2. The molecule has 2 heterocycles. The zero-order valence-electron chi connectivity index (χ0n) is 10.6. The number of aromatic nitrogens is 2. The molecule has 2 rings (SSSR count). The summed E-state index contributed by atoms with van der Waals surface area (Å²) in [7, 11) is 0. The summed E-state index contributed by atoms with van der Waals surface area (Å²) in [5, 5.41) is 0.438. The van der Waals surface area contributed by atoms with Gasteiger partial charge in [-0.25, -0.2) is 4.98 Å². The predicted molar refractivity (Wildman–Crippen MR) is 73.8 cm³/mol. The molecule has 108 valence electrons. The van der Waals surface area contributed by atoms with E-state index in [0.717, 1.165) is 25.2 Å². The first-order chi connectivity index (χ1) is 9.13. The van der Waals surface area contributed by atoms with Crippen LogP contribution in [0.1, 0.15) is 19.5 Å². The van der Waals surface area contributed by atoms with Crippen LogP contribution in [0.3, 0.4) is 0 Å². The van der Waals surface area contributed by atoms with Crippen molar-refractivity contribution in [3.8, 4) is 10.4 Å². The van der Waals surface area contributed by atoms with Crippen LogP contribution in [0.5, 0.6) is 0 Å². The fourth-order valence-corrected chi connectivity index (χ4v) is 2.64. The number of rotatable bonds is 2. The van der Waals surface area contributed by atoms with Crippen molar-refractivity contribution in [2.45, 2.75) is 25.4 Å². The van der Waals surface area contributed by atoms with Crippen LogP contribution >= 0.6 is 22.9 Å². The Balaban J connectivity index is 2.51. The average Bonchev–Trinajstić information content (AvgIpc) is 2.67. The SMILES string of the molecule is CC(C)(c1cc(-c2sc(N)nc2Cl)ccn1)C(F)(F)F. The molecule has 0 spiro atoms. The van der Waals surface area contributed by atoms with Crippen molar-refractivity contribution < 1.29 is 13.2 Å². The maximum Gasteiger partial charge on any atom is 0.399 e. The van der Waals surface area contributed by atoms with Crippen molar-refractivity contribution in [1.82, 2.24) is 9.97 Å². The fraction of sp³-hybridized carbons (Fsp3) is 0.333. The molecule has 2 aromatic heterocycles. The summed E-state index contributed by atoms with van der Waals surface area (Å²) in [6.07, 6.45) is -3.07. The van der Waals surface area contributed by atoms with Crippen LogP contribution < -0.4 is 5.73 Å². The summed E-state index contributed by atoms with van der Waals surface area (Å²) in [4.78, 5) is 8.21. The Morgan fingerprint density at radius 1 is 1.30 bits per heavy atom. The fourth-order valence-electron chi connectivity index (χ4n) is 1.55. The molecule has 0 saturated heterocycles. The van der Waals surface area contributed by atoms with Crippen LogP contribution in [0.4, 0.5) is 18.3 Å². The summed E-state index contributed by atoms with van der Waals surface area (Å²) in [6, 6.07) is 2.95. The minimum atomic E-state index is -4.39. The lowest BCUT2D eigenvalue weighted by Crippen LogP contribution is -2.37. The minimum absolute atomic E-state index is 0.0782. The van der Waals surface area contributed by atoms with Gasteiger partial charge in [-0.1, -0.05) is 22.9 Å². The quantitative estimate of drug-likeness (QED) is 0.898. The van der Waals surface area contributed by atoms with E-state index in [9.17, 15) is 13.2 Å². The number of hydrogen-bond acceptors (Lipinski definition) is 4. The molecule has 0 radical (unpaired) electrons. The zero-order chi connectivity index (χ0) is 15.1. The van der Waals surface area contributed by atoms with Crippen LogP contribution in [0.25, 0.3) is 10.4 Å². The van der Waals surface area contributed by atoms with E-state index in [0.29, 0.717) is 10.4 Å². The molecule has 2 N–H and O–H groups in total. The van der Waals surface area contributed by atoms with E-state index < -0.39 is 11.6 Å². The van der Waals surface area contributed by atoms with Gasteiger partial charge in [-0.2, -0.15) is 13.2 Å². The van der Waals surface area contributed by atoms with E-state index in [-0.39, 0.29) is 16.0 Å². The number of hydrogen-bond donors (Lipinski definition) is 1. The number of nitrogens with zero attached hydrogens (tertiary/aromatic N) is 2. The lowest BCUT2D eigenvalue weighted by Gasteiger charge is -2.27. The normalized spacial score (nSPS) is 12.7. The highest BCUT2D eigenvalue weighted by Gasteiger charge is 2.49. The summed E-state index contributed by atoms with van der Waals surface area (Å²) in [6.45, 7) is 2.17. The van der Waals surface area contributed by atoms with Gasteiger partial charge in [-0.3, -0.25) is 4.98 Å². The van der Waals surface area contributed by atoms with Crippen LogP contribution in [0, 0.1) is 0 Å². The molecule has 8 heteroatoms. The maximum atomic E-state index is 13.0. The monoisotopic (exact) mass is 321 g/mol. The minimum Gasteiger partial charge on any atom is -0.375 e. The molecular formula is C12H11ClF3N3S. The summed E-state index contributed by atoms with van der Waals surface area (Å²) >= 11 is 7.03. The largest absolute Gasteiger partial charge is 0.399 e. The van der Waals surface area contributed by atoms with Gasteiger partial charge in [0.25, 0.3) is 0 Å². The lowest BCUT2D eigenvalue weighted by molar-refractivity contribution is -0.181. The number of nitrogens with two attached hydrogens (primary N) is 1. The van der Waals surface area contributed by atoms with Crippen LogP contribution in [-0.4, -0.2) is 16.1 Å². The highest BCUT2D eigenvalue weighted by atomic mass is 35.5. The lowest BCUT2D eigenvalue weighted by atomic mass is 9.87. The first-order valence-corrected chi connectivity index (χ1v) is 6.78. The van der Waals surface area contributed by atoms with Crippen molar-refractivity contribution in [3.63, 3.8) is 0 Å². The standard InChI is InChI=1S/C12H11ClF3N3S/c1-11(2,12(14,15)16)7-5-6(3-4-18-7)8-9(13)19-10(17)20-8/h3-5H,1-2H3,(H2,17,19). The predicted octanol–water partition coefficient (Wildman–Crippen LogP) is 4.28. The van der Waals surface area contributed by atoms with Gasteiger partial charge in [0.15, 0.2) is 5.13 Å². The molecule has 0 amide bonds. The number of anilines is 1. The van der Waals surface area contributed by atoms with E-state index in [4.69, 9.17) is 17.3 Å². The molecule has 3 nitrogen and oxygen atoms in total. The molecule has 2 aromatic rings. The second kappa shape index (κ2) is 4.89. The number of pyridine rings is 1. The van der Waals surface area contributed by atoms with Crippen molar-refractivity contribution >= 4 is 28.1 Å². The molecule has 0 atom stereocenters. The number of thiazole rings is 1. The summed E-state index contributed by atoms with van der Waals surface area (Å²) in [5.74, 6) is 0. The smallest absolute Gasteiger partial charge is 0.375 e. The Labute approximate surface area is 122 Å². The van der Waals surface area contributed by atoms with Gasteiger partial charge >= 0.3 is 6.18 Å². The Bertz CT molecular complexity index is 637. The van der Waals surface area contributed by atoms with Crippen molar-refractivity contribution in [2.24, 2.45) is 0 Å². The average molecular weight is 322 g/mol. The second-order valence-electron chi connectivity index (χ2n) is 4.72. The molecule has 0 aliphatic heterocycles. The third-order valence-corrected chi connectivity index (χ3v) is 4.29. The molecule has 0 fully saturated rings. The first-order valence-electron chi connectivity index (χ1n) is 5.58. The maximum absolute atomic E-state index is 13.0. The summed E-state index contributed by atoms with van der Waals surface area (Å²) in [5.41, 5.74) is 3.93. The van der Waals surface area contributed by atoms with Gasteiger partial charge < -0.3 is 5.73 Å². The van der Waals surface area contributed by atoms with E-state index in [2.05, 4.69) is 9.97 Å². The topological polar surface area (TPSA) is 51.8 Å². The van der Waals surface area contributed by atoms with Crippen LogP contribution in [0.2, 0.25) is 5.15 Å². The Morgan fingerprint density at radius 3 is 2.45 bits per heavy atom. The highest BCUT2D eigenvalue weighted by Crippen LogP contribution is 2.41. The van der Waals surface area contributed by atoms with Crippen molar-refractivity contribution in [2.75, 3.05) is 5.73 Å². The van der Waals surface area contributed by atoms with E-state index in [1.807, 2.05) is 0 Å². The van der Waals surface area contributed by atoms with E-state index >= 15 is 0 Å². The van der Waals surface area contributed by atoms with E-state index in [1.54, 1.807) is 6.07 Å². The van der Waals surface area contributed by atoms with Gasteiger partial charge in [-0.15, -0.1) is 0 Å². The molecule has 0 aromatic carbocycles. The van der Waals surface area contributed by atoms with Gasteiger partial charge in [0.2, 0.25) is 0 Å². The summed E-state index contributed by atoms with van der Waals surface area (Å²) < 4.78 is 39.1. The van der Waals surface area contributed by atoms with Gasteiger partial charge in [-0.05, 0) is 31.5 Å². The number of nitrogen functional groups attached to an aromatic ring is 1. The number of alkyl halides is 3. The third-order valence-electron chi connectivity index (χ3n) is 2.97. The van der Waals surface area contributed by atoms with Gasteiger partial charge in [0, 0.05) is 6.20 Å². The Hall–Kier alpha value is -1.34. The van der Waals surface area contributed by atoms with Gasteiger partial charge in [0.1, 0.15) is 10.6 Å². The molecule has 0 aliphatic carbocycles. The van der Waals surface area contributed by atoms with Crippen LogP contribution in [0.15, 0.2) is 18.3 Å². The van der Waals surface area contributed by atoms with Crippen molar-refractivity contribution in [3.05, 3.63) is 29.2 Å². The first kappa shape index (κ1) is 15.1.